The average Bonchev–Trinajstić information content (AvgIpc) is 2.56. The van der Waals surface area contributed by atoms with E-state index in [2.05, 4.69) is 43.0 Å². The number of hydrogen-bond acceptors (Lipinski definition) is 4. The van der Waals surface area contributed by atoms with E-state index in [0.717, 1.165) is 17.1 Å². The summed E-state index contributed by atoms with van der Waals surface area (Å²) in [6, 6.07) is 0.442. The molecule has 2 aromatic heterocycles. The summed E-state index contributed by atoms with van der Waals surface area (Å²) in [5.74, 6) is 0.973. The SMILES string of the molecule is CC[C@@H](C)Nc1ncnc2sc(C)c(C)c12. The summed E-state index contributed by atoms with van der Waals surface area (Å²) in [6.45, 7) is 8.61. The summed E-state index contributed by atoms with van der Waals surface area (Å²) in [7, 11) is 0. The van der Waals surface area contributed by atoms with Gasteiger partial charge in [0.2, 0.25) is 0 Å². The second-order valence-corrected chi connectivity index (χ2v) is 5.34. The molecule has 0 saturated carbocycles. The third-order valence-electron chi connectivity index (χ3n) is 2.96. The Morgan fingerprint density at radius 3 is 2.81 bits per heavy atom. The van der Waals surface area contributed by atoms with Crippen LogP contribution in [0.4, 0.5) is 5.82 Å². The highest BCUT2D eigenvalue weighted by Crippen LogP contribution is 2.32. The molecule has 2 rings (SSSR count). The zero-order valence-corrected chi connectivity index (χ0v) is 11.0. The Bertz CT molecular complexity index is 504. The number of anilines is 1. The van der Waals surface area contributed by atoms with Crippen molar-refractivity contribution >= 4 is 27.4 Å². The fraction of sp³-hybridized carbons (Fsp3) is 0.500. The average molecular weight is 235 g/mol. The van der Waals surface area contributed by atoms with Crippen molar-refractivity contribution in [3.05, 3.63) is 16.8 Å². The lowest BCUT2D eigenvalue weighted by molar-refractivity contribution is 0.760. The zero-order chi connectivity index (χ0) is 11.7. The molecule has 0 aromatic carbocycles. The van der Waals surface area contributed by atoms with Gasteiger partial charge in [-0.05, 0) is 32.8 Å². The minimum Gasteiger partial charge on any atom is -0.367 e. The van der Waals surface area contributed by atoms with Gasteiger partial charge in [-0.15, -0.1) is 11.3 Å². The Balaban J connectivity index is 2.52. The number of aryl methyl sites for hydroxylation is 2. The summed E-state index contributed by atoms with van der Waals surface area (Å²) in [6.07, 6.45) is 2.73. The Morgan fingerprint density at radius 2 is 2.12 bits per heavy atom. The first-order valence-electron chi connectivity index (χ1n) is 5.60. The molecule has 2 aromatic rings. The first-order valence-corrected chi connectivity index (χ1v) is 6.42. The Labute approximate surface area is 99.9 Å². The molecule has 0 amide bonds. The van der Waals surface area contributed by atoms with Crippen LogP contribution in [0.5, 0.6) is 0 Å². The monoisotopic (exact) mass is 235 g/mol. The van der Waals surface area contributed by atoms with Crippen molar-refractivity contribution in [2.75, 3.05) is 5.32 Å². The van der Waals surface area contributed by atoms with E-state index in [0.29, 0.717) is 6.04 Å². The second kappa shape index (κ2) is 4.37. The Hall–Kier alpha value is -1.16. The normalized spacial score (nSPS) is 13.0. The molecule has 0 aliphatic carbocycles. The van der Waals surface area contributed by atoms with E-state index < -0.39 is 0 Å². The molecule has 2 heterocycles. The lowest BCUT2D eigenvalue weighted by atomic mass is 10.2. The molecule has 0 spiro atoms. The van der Waals surface area contributed by atoms with Crippen LogP contribution in [0.1, 0.15) is 30.7 Å². The number of nitrogens with one attached hydrogen (secondary N) is 1. The zero-order valence-electron chi connectivity index (χ0n) is 10.2. The third kappa shape index (κ3) is 1.89. The van der Waals surface area contributed by atoms with Crippen LogP contribution < -0.4 is 5.32 Å². The highest BCUT2D eigenvalue weighted by molar-refractivity contribution is 7.18. The van der Waals surface area contributed by atoms with Crippen LogP contribution in [0.3, 0.4) is 0 Å². The molecule has 0 aliphatic rings. The van der Waals surface area contributed by atoms with E-state index in [1.807, 2.05) is 0 Å². The van der Waals surface area contributed by atoms with E-state index in [4.69, 9.17) is 0 Å². The molecular weight excluding hydrogens is 218 g/mol. The van der Waals surface area contributed by atoms with Gasteiger partial charge in [-0.25, -0.2) is 9.97 Å². The molecule has 1 atom stereocenters. The second-order valence-electron chi connectivity index (χ2n) is 4.14. The summed E-state index contributed by atoms with van der Waals surface area (Å²) < 4.78 is 0. The van der Waals surface area contributed by atoms with Crippen molar-refractivity contribution < 1.29 is 0 Å². The fourth-order valence-electron chi connectivity index (χ4n) is 1.63. The van der Waals surface area contributed by atoms with Gasteiger partial charge in [0.05, 0.1) is 5.39 Å². The molecule has 0 unspecified atom stereocenters. The maximum atomic E-state index is 4.35. The van der Waals surface area contributed by atoms with Crippen molar-refractivity contribution in [3.8, 4) is 0 Å². The number of thiophene rings is 1. The number of fused-ring (bicyclic) bond motifs is 1. The number of hydrogen-bond donors (Lipinski definition) is 1. The lowest BCUT2D eigenvalue weighted by Crippen LogP contribution is -2.14. The van der Waals surface area contributed by atoms with Gasteiger partial charge in [-0.2, -0.15) is 0 Å². The molecule has 16 heavy (non-hydrogen) atoms. The lowest BCUT2D eigenvalue weighted by Gasteiger charge is -2.12. The van der Waals surface area contributed by atoms with E-state index in [-0.39, 0.29) is 0 Å². The van der Waals surface area contributed by atoms with Gasteiger partial charge in [0, 0.05) is 10.9 Å². The molecule has 86 valence electrons. The van der Waals surface area contributed by atoms with Crippen molar-refractivity contribution in [3.63, 3.8) is 0 Å². The van der Waals surface area contributed by atoms with Crippen molar-refractivity contribution in [1.29, 1.82) is 0 Å². The minimum absolute atomic E-state index is 0.442. The van der Waals surface area contributed by atoms with Gasteiger partial charge >= 0.3 is 0 Å². The van der Waals surface area contributed by atoms with E-state index >= 15 is 0 Å². The van der Waals surface area contributed by atoms with E-state index in [1.165, 1.54) is 15.8 Å². The van der Waals surface area contributed by atoms with E-state index in [9.17, 15) is 0 Å². The molecule has 3 nitrogen and oxygen atoms in total. The number of nitrogens with zero attached hydrogens (tertiary/aromatic N) is 2. The van der Waals surface area contributed by atoms with Gasteiger partial charge in [-0.3, -0.25) is 0 Å². The Morgan fingerprint density at radius 1 is 1.38 bits per heavy atom. The van der Waals surface area contributed by atoms with Crippen LogP contribution in [0.15, 0.2) is 6.33 Å². The predicted molar refractivity (Wildman–Crippen MR) is 70.3 cm³/mol. The predicted octanol–water partition coefficient (Wildman–Crippen LogP) is 3.52. The molecule has 0 aliphatic heterocycles. The molecular formula is C12H17N3S. The van der Waals surface area contributed by atoms with Gasteiger partial charge in [0.1, 0.15) is 17.0 Å². The van der Waals surface area contributed by atoms with Gasteiger partial charge in [0.25, 0.3) is 0 Å². The Kier molecular flexibility index (Phi) is 3.10. The third-order valence-corrected chi connectivity index (χ3v) is 4.08. The standard InChI is InChI=1S/C12H17N3S/c1-5-7(2)15-11-10-8(3)9(4)16-12(10)14-6-13-11/h6-7H,5H2,1-4H3,(H,13,14,15)/t7-/m1/s1. The summed E-state index contributed by atoms with van der Waals surface area (Å²) in [5, 5.41) is 4.63. The first-order chi connectivity index (χ1) is 7.63. The maximum Gasteiger partial charge on any atom is 0.138 e. The molecule has 0 fully saturated rings. The van der Waals surface area contributed by atoms with E-state index in [1.54, 1.807) is 17.7 Å². The smallest absolute Gasteiger partial charge is 0.138 e. The number of rotatable bonds is 3. The highest BCUT2D eigenvalue weighted by Gasteiger charge is 2.12. The van der Waals surface area contributed by atoms with Gasteiger partial charge < -0.3 is 5.32 Å². The van der Waals surface area contributed by atoms with Crippen LogP contribution in [0.25, 0.3) is 10.2 Å². The number of aromatic nitrogens is 2. The molecule has 1 N–H and O–H groups in total. The quantitative estimate of drug-likeness (QED) is 0.884. The summed E-state index contributed by atoms with van der Waals surface area (Å²) >= 11 is 1.74. The van der Waals surface area contributed by atoms with Gasteiger partial charge in [0.15, 0.2) is 0 Å². The van der Waals surface area contributed by atoms with Crippen molar-refractivity contribution in [2.45, 2.75) is 40.2 Å². The highest BCUT2D eigenvalue weighted by atomic mass is 32.1. The summed E-state index contributed by atoms with van der Waals surface area (Å²) in [5.41, 5.74) is 1.30. The maximum absolute atomic E-state index is 4.35. The van der Waals surface area contributed by atoms with Gasteiger partial charge in [-0.1, -0.05) is 6.92 Å². The van der Waals surface area contributed by atoms with Crippen molar-refractivity contribution in [2.24, 2.45) is 0 Å². The first kappa shape index (κ1) is 11.3. The molecule has 0 radical (unpaired) electrons. The van der Waals surface area contributed by atoms with Crippen LogP contribution in [-0.4, -0.2) is 16.0 Å². The molecule has 0 bridgehead atoms. The summed E-state index contributed by atoms with van der Waals surface area (Å²) in [4.78, 5) is 11.1. The van der Waals surface area contributed by atoms with Crippen LogP contribution in [0.2, 0.25) is 0 Å². The largest absolute Gasteiger partial charge is 0.367 e. The molecule has 0 saturated heterocycles. The minimum atomic E-state index is 0.442. The fourth-order valence-corrected chi connectivity index (χ4v) is 2.62. The topological polar surface area (TPSA) is 37.8 Å². The van der Waals surface area contributed by atoms with Crippen LogP contribution >= 0.6 is 11.3 Å². The van der Waals surface area contributed by atoms with Crippen LogP contribution in [0, 0.1) is 13.8 Å². The van der Waals surface area contributed by atoms with Crippen LogP contribution in [-0.2, 0) is 0 Å². The molecule has 4 heteroatoms. The van der Waals surface area contributed by atoms with Crippen molar-refractivity contribution in [1.82, 2.24) is 9.97 Å².